The molecule has 0 amide bonds. The van der Waals surface area contributed by atoms with Crippen LogP contribution in [0.15, 0.2) is 45.5 Å². The Morgan fingerprint density at radius 3 is 2.53 bits per heavy atom. The van der Waals surface area contributed by atoms with Crippen LogP contribution in [0.4, 0.5) is 17.1 Å². The number of esters is 1. The first kappa shape index (κ1) is 24.6. The number of carbonyl (C=O) groups excluding carboxylic acids is 2. The number of ether oxygens (including phenoxy) is 1. The summed E-state index contributed by atoms with van der Waals surface area (Å²) in [7, 11) is 0. The molecular formula is C21H23ClIN3O3S. The number of thiol groups is 1. The van der Waals surface area contributed by atoms with Crippen molar-refractivity contribution in [2.45, 2.75) is 32.1 Å². The van der Waals surface area contributed by atoms with Gasteiger partial charge in [-0.2, -0.15) is 5.11 Å². The van der Waals surface area contributed by atoms with Gasteiger partial charge in [-0.1, -0.05) is 11.6 Å². The zero-order valence-electron chi connectivity index (χ0n) is 17.0. The van der Waals surface area contributed by atoms with Crippen molar-refractivity contribution < 1.29 is 14.3 Å². The maximum absolute atomic E-state index is 11.8. The number of benzene rings is 2. The number of ketones is 1. The highest BCUT2D eigenvalue weighted by atomic mass is 127. The fraction of sp³-hybridized carbons (Fsp3) is 0.333. The van der Waals surface area contributed by atoms with E-state index in [4.69, 9.17) is 16.3 Å². The molecule has 0 heterocycles. The van der Waals surface area contributed by atoms with Gasteiger partial charge in [-0.25, -0.2) is 0 Å². The molecule has 0 radical (unpaired) electrons. The summed E-state index contributed by atoms with van der Waals surface area (Å²) in [6.07, 6.45) is 0.208. The van der Waals surface area contributed by atoms with Crippen molar-refractivity contribution in [1.82, 2.24) is 0 Å². The first-order valence-corrected chi connectivity index (χ1v) is 11.2. The van der Waals surface area contributed by atoms with Gasteiger partial charge in [0.25, 0.3) is 0 Å². The number of azo groups is 1. The number of hydrogen-bond acceptors (Lipinski definition) is 7. The lowest BCUT2D eigenvalue weighted by molar-refractivity contribution is -0.147. The van der Waals surface area contributed by atoms with Gasteiger partial charge in [0.2, 0.25) is 0 Å². The van der Waals surface area contributed by atoms with E-state index in [-0.39, 0.29) is 24.8 Å². The molecular weight excluding hydrogens is 537 g/mol. The lowest BCUT2D eigenvalue weighted by Crippen LogP contribution is -2.26. The largest absolute Gasteiger partial charge is 0.458 e. The third-order valence-electron chi connectivity index (χ3n) is 4.23. The minimum Gasteiger partial charge on any atom is -0.458 e. The highest BCUT2D eigenvalue weighted by molar-refractivity contribution is 14.1. The molecule has 0 aromatic heterocycles. The molecule has 9 heteroatoms. The van der Waals surface area contributed by atoms with Gasteiger partial charge < -0.3 is 9.64 Å². The quantitative estimate of drug-likeness (QED) is 0.169. The number of aryl methyl sites for hydroxylation is 1. The van der Waals surface area contributed by atoms with Crippen LogP contribution in [0, 0.1) is 10.5 Å². The van der Waals surface area contributed by atoms with E-state index in [1.165, 1.54) is 6.92 Å². The van der Waals surface area contributed by atoms with E-state index >= 15 is 0 Å². The molecule has 0 fully saturated rings. The molecule has 0 N–H and O–H groups in total. The van der Waals surface area contributed by atoms with E-state index in [1.807, 2.05) is 38.1 Å². The summed E-state index contributed by atoms with van der Waals surface area (Å²) in [6, 6.07) is 9.41. The molecule has 0 spiro atoms. The van der Waals surface area contributed by atoms with E-state index in [0.717, 1.165) is 31.9 Å². The second-order valence-electron chi connectivity index (χ2n) is 6.62. The highest BCUT2D eigenvalue weighted by Gasteiger charge is 2.11. The molecule has 0 unspecified atom stereocenters. The lowest BCUT2D eigenvalue weighted by Gasteiger charge is -2.23. The van der Waals surface area contributed by atoms with Crippen molar-refractivity contribution in [1.29, 1.82) is 0 Å². The standard InChI is InChI=1S/C21H23ClIN3O3S/c1-4-26(8-7-21(28)29-12-14(3)27)15-5-6-18(13(2)9-15)24-25-19-11-17(23)20(30)10-16(19)22/h5-6,9-11,30H,4,7-8,12H2,1-3H3. The molecule has 0 bridgehead atoms. The SMILES string of the molecule is CCN(CCC(=O)OCC(C)=O)c1ccc(N=Nc2cc(I)c(S)cc2Cl)c(C)c1. The van der Waals surface area contributed by atoms with E-state index in [0.29, 0.717) is 17.3 Å². The Balaban J connectivity index is 2.08. The molecule has 0 aliphatic rings. The van der Waals surface area contributed by atoms with Gasteiger partial charge in [0, 0.05) is 27.2 Å². The van der Waals surface area contributed by atoms with Crippen molar-refractivity contribution in [3.05, 3.63) is 44.5 Å². The van der Waals surface area contributed by atoms with Crippen LogP contribution < -0.4 is 4.90 Å². The smallest absolute Gasteiger partial charge is 0.308 e. The van der Waals surface area contributed by atoms with Gasteiger partial charge in [0.1, 0.15) is 12.3 Å². The lowest BCUT2D eigenvalue weighted by atomic mass is 10.1. The average molecular weight is 560 g/mol. The van der Waals surface area contributed by atoms with Crippen molar-refractivity contribution >= 4 is 75.6 Å². The second kappa shape index (κ2) is 11.7. The van der Waals surface area contributed by atoms with Crippen molar-refractivity contribution in [3.8, 4) is 0 Å². The zero-order chi connectivity index (χ0) is 22.3. The van der Waals surface area contributed by atoms with Crippen LogP contribution in [0.2, 0.25) is 5.02 Å². The first-order valence-electron chi connectivity index (χ1n) is 9.31. The number of hydrogen-bond donors (Lipinski definition) is 1. The monoisotopic (exact) mass is 559 g/mol. The fourth-order valence-electron chi connectivity index (χ4n) is 2.61. The van der Waals surface area contributed by atoms with Crippen LogP contribution in [0.5, 0.6) is 0 Å². The molecule has 160 valence electrons. The van der Waals surface area contributed by atoms with Crippen LogP contribution in [0.1, 0.15) is 25.8 Å². The minimum atomic E-state index is -0.385. The molecule has 2 aromatic carbocycles. The molecule has 0 atom stereocenters. The fourth-order valence-corrected chi connectivity index (χ4v) is 3.53. The van der Waals surface area contributed by atoms with Crippen LogP contribution in [0.3, 0.4) is 0 Å². The summed E-state index contributed by atoms with van der Waals surface area (Å²) < 4.78 is 5.86. The third-order valence-corrected chi connectivity index (χ3v) is 6.22. The topological polar surface area (TPSA) is 71.3 Å². The van der Waals surface area contributed by atoms with Crippen LogP contribution in [-0.4, -0.2) is 31.4 Å². The van der Waals surface area contributed by atoms with Gasteiger partial charge in [-0.3, -0.25) is 9.59 Å². The molecule has 0 saturated carbocycles. The summed E-state index contributed by atoms with van der Waals surface area (Å²) in [6.45, 7) is 6.40. The summed E-state index contributed by atoms with van der Waals surface area (Å²) in [4.78, 5) is 25.5. The number of carbonyl (C=O) groups is 2. The van der Waals surface area contributed by atoms with E-state index in [9.17, 15) is 9.59 Å². The Labute approximate surface area is 200 Å². The Hall–Kier alpha value is -1.65. The second-order valence-corrected chi connectivity index (χ2v) is 8.67. The number of halogens is 2. The summed E-state index contributed by atoms with van der Waals surface area (Å²) in [5, 5.41) is 9.11. The normalized spacial score (nSPS) is 11.0. The minimum absolute atomic E-state index is 0.173. The molecule has 2 aromatic rings. The Kier molecular flexibility index (Phi) is 9.57. The van der Waals surface area contributed by atoms with Crippen molar-refractivity contribution in [3.63, 3.8) is 0 Å². The van der Waals surface area contributed by atoms with Crippen molar-refractivity contribution in [2.24, 2.45) is 10.2 Å². The van der Waals surface area contributed by atoms with Gasteiger partial charge in [-0.05, 0) is 79.3 Å². The molecule has 30 heavy (non-hydrogen) atoms. The Bertz CT molecular complexity index is 969. The van der Waals surface area contributed by atoms with Crippen LogP contribution in [0.25, 0.3) is 0 Å². The molecule has 0 saturated heterocycles. The molecule has 0 aliphatic heterocycles. The maximum Gasteiger partial charge on any atom is 0.308 e. The molecule has 0 aliphatic carbocycles. The molecule has 2 rings (SSSR count). The summed E-state index contributed by atoms with van der Waals surface area (Å²) >= 11 is 12.7. The highest BCUT2D eigenvalue weighted by Crippen LogP contribution is 2.33. The summed E-state index contributed by atoms with van der Waals surface area (Å²) in [5.74, 6) is -0.557. The molecule has 6 nitrogen and oxygen atoms in total. The predicted molar refractivity (Wildman–Crippen MR) is 131 cm³/mol. The number of nitrogens with zero attached hydrogens (tertiary/aromatic N) is 3. The Morgan fingerprint density at radius 2 is 1.90 bits per heavy atom. The number of rotatable bonds is 9. The van der Waals surface area contributed by atoms with Crippen molar-refractivity contribution in [2.75, 3.05) is 24.6 Å². The Morgan fingerprint density at radius 1 is 1.20 bits per heavy atom. The average Bonchev–Trinajstić information content (AvgIpc) is 2.69. The van der Waals surface area contributed by atoms with Crippen LogP contribution >= 0.6 is 46.8 Å². The maximum atomic E-state index is 11.8. The van der Waals surface area contributed by atoms with E-state index in [1.54, 1.807) is 6.07 Å². The van der Waals surface area contributed by atoms with Gasteiger partial charge in [-0.15, -0.1) is 17.7 Å². The van der Waals surface area contributed by atoms with Gasteiger partial charge >= 0.3 is 5.97 Å². The number of anilines is 1. The third kappa shape index (κ3) is 7.24. The predicted octanol–water partition coefficient (Wildman–Crippen LogP) is 6.31. The van der Waals surface area contributed by atoms with E-state index < -0.39 is 0 Å². The van der Waals surface area contributed by atoms with Gasteiger partial charge in [0.05, 0.1) is 17.1 Å². The first-order chi connectivity index (χ1) is 14.2. The van der Waals surface area contributed by atoms with Gasteiger partial charge in [0.15, 0.2) is 5.78 Å². The van der Waals surface area contributed by atoms with E-state index in [2.05, 4.69) is 50.3 Å². The number of Topliss-reactive ketones (excluding diaryl/α,β-unsaturated/α-hetero) is 1. The summed E-state index contributed by atoms with van der Waals surface area (Å²) in [5.41, 5.74) is 3.24. The van der Waals surface area contributed by atoms with Crippen LogP contribution in [-0.2, 0) is 14.3 Å². The zero-order valence-corrected chi connectivity index (χ0v) is 20.8.